The normalized spacial score (nSPS) is 13.1. The average molecular weight is 177 g/mol. The Labute approximate surface area is 78.9 Å². The molecular weight excluding hydrogens is 162 g/mol. The molecule has 0 aliphatic rings. The predicted molar refractivity (Wildman–Crippen MR) is 54.7 cm³/mol. The second-order valence-electron chi connectivity index (χ2n) is 2.95. The first kappa shape index (κ1) is 9.71. The lowest BCUT2D eigenvalue weighted by Gasteiger charge is -2.00. The minimum Gasteiger partial charge on any atom is -0.260 e. The van der Waals surface area contributed by atoms with Gasteiger partial charge in [-0.3, -0.25) is 5.43 Å². The van der Waals surface area contributed by atoms with Crippen molar-refractivity contribution in [1.29, 1.82) is 0 Å². The highest BCUT2D eigenvalue weighted by atomic mass is 15.4. The van der Waals surface area contributed by atoms with Crippen LogP contribution >= 0.6 is 0 Å². The summed E-state index contributed by atoms with van der Waals surface area (Å²) in [7, 11) is 0. The van der Waals surface area contributed by atoms with E-state index in [9.17, 15) is 0 Å². The van der Waals surface area contributed by atoms with Crippen molar-refractivity contribution in [3.63, 3.8) is 0 Å². The highest BCUT2D eigenvalue weighted by Gasteiger charge is 1.91. The van der Waals surface area contributed by atoms with E-state index in [1.54, 1.807) is 0 Å². The molecule has 3 nitrogen and oxygen atoms in total. The molecule has 0 radical (unpaired) electrons. The number of nitrogens with zero attached hydrogens (tertiary/aromatic N) is 2. The second-order valence-corrected chi connectivity index (χ2v) is 2.95. The molecule has 0 aliphatic carbocycles. The van der Waals surface area contributed by atoms with E-state index < -0.39 is 0 Å². The van der Waals surface area contributed by atoms with Gasteiger partial charge < -0.3 is 0 Å². The van der Waals surface area contributed by atoms with E-state index in [1.165, 1.54) is 0 Å². The molecular formula is C10H15N3. The van der Waals surface area contributed by atoms with Crippen molar-refractivity contribution in [2.75, 3.05) is 5.43 Å². The fourth-order valence-corrected chi connectivity index (χ4v) is 0.780. The SMILES string of the molecule is CCC(C)N=NNc1ccccc1. The van der Waals surface area contributed by atoms with Gasteiger partial charge in [-0.25, -0.2) is 0 Å². The van der Waals surface area contributed by atoms with Crippen molar-refractivity contribution in [3.05, 3.63) is 30.3 Å². The summed E-state index contributed by atoms with van der Waals surface area (Å²) in [5, 5.41) is 7.94. The smallest absolute Gasteiger partial charge is 0.0699 e. The van der Waals surface area contributed by atoms with Crippen LogP contribution in [-0.4, -0.2) is 6.04 Å². The zero-order chi connectivity index (χ0) is 9.52. The van der Waals surface area contributed by atoms with Crippen LogP contribution in [0.4, 0.5) is 5.69 Å². The first-order valence-corrected chi connectivity index (χ1v) is 4.54. The Bertz CT molecular complexity index is 256. The fourth-order valence-electron chi connectivity index (χ4n) is 0.780. The van der Waals surface area contributed by atoms with Gasteiger partial charge in [-0.15, -0.1) is 0 Å². The minimum absolute atomic E-state index is 0.288. The van der Waals surface area contributed by atoms with Gasteiger partial charge in [0.25, 0.3) is 0 Å². The van der Waals surface area contributed by atoms with Crippen molar-refractivity contribution < 1.29 is 0 Å². The molecule has 70 valence electrons. The van der Waals surface area contributed by atoms with Crippen molar-refractivity contribution in [3.8, 4) is 0 Å². The van der Waals surface area contributed by atoms with Crippen LogP contribution in [0.15, 0.2) is 40.7 Å². The molecule has 1 aromatic rings. The molecule has 0 saturated heterocycles. The molecule has 1 aromatic carbocycles. The number of benzene rings is 1. The third-order valence-electron chi connectivity index (χ3n) is 1.80. The van der Waals surface area contributed by atoms with Crippen molar-refractivity contribution in [1.82, 2.24) is 0 Å². The summed E-state index contributed by atoms with van der Waals surface area (Å²) in [5.41, 5.74) is 3.84. The lowest BCUT2D eigenvalue weighted by molar-refractivity contribution is 0.672. The molecule has 0 aliphatic heterocycles. The van der Waals surface area contributed by atoms with Gasteiger partial charge in [0.05, 0.1) is 11.7 Å². The van der Waals surface area contributed by atoms with Gasteiger partial charge in [-0.1, -0.05) is 30.3 Å². The van der Waals surface area contributed by atoms with Gasteiger partial charge >= 0.3 is 0 Å². The number of para-hydroxylation sites is 1. The topological polar surface area (TPSA) is 36.8 Å². The molecule has 1 unspecified atom stereocenters. The quantitative estimate of drug-likeness (QED) is 0.556. The van der Waals surface area contributed by atoms with Gasteiger partial charge in [-0.2, -0.15) is 5.11 Å². The summed E-state index contributed by atoms with van der Waals surface area (Å²) in [6.45, 7) is 4.13. The van der Waals surface area contributed by atoms with E-state index in [0.29, 0.717) is 0 Å². The summed E-state index contributed by atoms with van der Waals surface area (Å²) in [6.07, 6.45) is 1.01. The summed E-state index contributed by atoms with van der Waals surface area (Å²) >= 11 is 0. The molecule has 0 amide bonds. The zero-order valence-corrected chi connectivity index (χ0v) is 8.07. The van der Waals surface area contributed by atoms with E-state index >= 15 is 0 Å². The Balaban J connectivity index is 2.39. The van der Waals surface area contributed by atoms with Crippen molar-refractivity contribution in [2.45, 2.75) is 26.3 Å². The van der Waals surface area contributed by atoms with Crippen LogP contribution in [0.5, 0.6) is 0 Å². The number of anilines is 1. The van der Waals surface area contributed by atoms with Gasteiger partial charge in [0, 0.05) is 0 Å². The van der Waals surface area contributed by atoms with E-state index in [4.69, 9.17) is 0 Å². The molecule has 0 saturated carbocycles. The molecule has 0 bridgehead atoms. The Morgan fingerprint density at radius 3 is 2.62 bits per heavy atom. The first-order valence-electron chi connectivity index (χ1n) is 4.54. The largest absolute Gasteiger partial charge is 0.260 e. The van der Waals surface area contributed by atoms with Crippen LogP contribution in [0.2, 0.25) is 0 Å². The van der Waals surface area contributed by atoms with Crippen molar-refractivity contribution in [2.24, 2.45) is 10.3 Å². The molecule has 1 rings (SSSR count). The zero-order valence-electron chi connectivity index (χ0n) is 8.07. The van der Waals surface area contributed by atoms with Crippen LogP contribution in [0.1, 0.15) is 20.3 Å². The first-order chi connectivity index (χ1) is 6.33. The van der Waals surface area contributed by atoms with Crippen LogP contribution in [0, 0.1) is 0 Å². The van der Waals surface area contributed by atoms with Gasteiger partial charge in [0.1, 0.15) is 0 Å². The number of hydrogen-bond donors (Lipinski definition) is 1. The Morgan fingerprint density at radius 1 is 1.31 bits per heavy atom. The number of hydrogen-bond acceptors (Lipinski definition) is 2. The molecule has 0 heterocycles. The number of nitrogens with one attached hydrogen (secondary N) is 1. The Morgan fingerprint density at radius 2 is 2.00 bits per heavy atom. The van der Waals surface area contributed by atoms with Crippen LogP contribution in [0.25, 0.3) is 0 Å². The maximum atomic E-state index is 4.05. The molecule has 3 heteroatoms. The third-order valence-corrected chi connectivity index (χ3v) is 1.80. The lowest BCUT2D eigenvalue weighted by atomic mass is 10.3. The van der Waals surface area contributed by atoms with Gasteiger partial charge in [0.2, 0.25) is 0 Å². The maximum absolute atomic E-state index is 4.05. The van der Waals surface area contributed by atoms with Crippen LogP contribution in [0.3, 0.4) is 0 Å². The van der Waals surface area contributed by atoms with Gasteiger partial charge in [0.15, 0.2) is 0 Å². The van der Waals surface area contributed by atoms with E-state index in [-0.39, 0.29) is 6.04 Å². The second kappa shape index (κ2) is 5.30. The molecule has 1 atom stereocenters. The van der Waals surface area contributed by atoms with Crippen LogP contribution < -0.4 is 5.43 Å². The monoisotopic (exact) mass is 177 g/mol. The predicted octanol–water partition coefficient (Wildman–Crippen LogP) is 3.26. The van der Waals surface area contributed by atoms with Crippen molar-refractivity contribution >= 4 is 5.69 Å². The summed E-state index contributed by atoms with van der Waals surface area (Å²) in [6, 6.07) is 10.1. The Kier molecular flexibility index (Phi) is 3.96. The summed E-state index contributed by atoms with van der Waals surface area (Å²) in [4.78, 5) is 0. The lowest BCUT2D eigenvalue weighted by Crippen LogP contribution is -1.94. The van der Waals surface area contributed by atoms with E-state index in [1.807, 2.05) is 37.3 Å². The van der Waals surface area contributed by atoms with Crippen LogP contribution in [-0.2, 0) is 0 Å². The Hall–Kier alpha value is -1.38. The minimum atomic E-state index is 0.288. The highest BCUT2D eigenvalue weighted by molar-refractivity contribution is 5.41. The van der Waals surface area contributed by atoms with Gasteiger partial charge in [-0.05, 0) is 25.5 Å². The molecule has 0 aromatic heterocycles. The molecule has 13 heavy (non-hydrogen) atoms. The average Bonchev–Trinajstić information content (AvgIpc) is 2.19. The number of rotatable bonds is 4. The molecule has 0 spiro atoms. The molecule has 0 fully saturated rings. The highest BCUT2D eigenvalue weighted by Crippen LogP contribution is 2.05. The van der Waals surface area contributed by atoms with E-state index in [2.05, 4.69) is 22.7 Å². The molecule has 1 N–H and O–H groups in total. The maximum Gasteiger partial charge on any atom is 0.0699 e. The summed E-state index contributed by atoms with van der Waals surface area (Å²) < 4.78 is 0. The summed E-state index contributed by atoms with van der Waals surface area (Å²) in [5.74, 6) is 0. The third kappa shape index (κ3) is 3.69. The standard InChI is InChI=1S/C10H15N3/c1-3-9(2)11-13-12-10-7-5-4-6-8-10/h4-9H,3H2,1-2H3,(H,11,12). The van der Waals surface area contributed by atoms with E-state index in [0.717, 1.165) is 12.1 Å². The fraction of sp³-hybridized carbons (Fsp3) is 0.400.